The SMILES string of the molecule is COCC(=O)Nc1ccc2c(c1)NCCC2. The highest BCUT2D eigenvalue weighted by molar-refractivity contribution is 5.92. The van der Waals surface area contributed by atoms with Crippen LogP contribution in [0.1, 0.15) is 12.0 Å². The Kier molecular flexibility index (Phi) is 3.41. The summed E-state index contributed by atoms with van der Waals surface area (Å²) < 4.78 is 4.76. The number of benzene rings is 1. The largest absolute Gasteiger partial charge is 0.385 e. The third-order valence-electron chi connectivity index (χ3n) is 2.61. The molecule has 1 aromatic carbocycles. The number of rotatable bonds is 3. The Hall–Kier alpha value is -1.55. The van der Waals surface area contributed by atoms with E-state index in [4.69, 9.17) is 4.74 Å². The summed E-state index contributed by atoms with van der Waals surface area (Å²) in [7, 11) is 1.51. The maximum absolute atomic E-state index is 11.3. The van der Waals surface area contributed by atoms with Gasteiger partial charge in [0.05, 0.1) is 0 Å². The van der Waals surface area contributed by atoms with Gasteiger partial charge in [-0.2, -0.15) is 0 Å². The van der Waals surface area contributed by atoms with E-state index in [1.165, 1.54) is 19.1 Å². The number of anilines is 2. The lowest BCUT2D eigenvalue weighted by atomic mass is 10.0. The van der Waals surface area contributed by atoms with Gasteiger partial charge < -0.3 is 15.4 Å². The molecular weight excluding hydrogens is 204 g/mol. The van der Waals surface area contributed by atoms with Gasteiger partial charge in [-0.25, -0.2) is 0 Å². The van der Waals surface area contributed by atoms with Crippen LogP contribution in [0.2, 0.25) is 0 Å². The van der Waals surface area contributed by atoms with Gasteiger partial charge in [-0.15, -0.1) is 0 Å². The monoisotopic (exact) mass is 220 g/mol. The molecule has 0 aromatic heterocycles. The molecule has 0 radical (unpaired) electrons. The average Bonchev–Trinajstić information content (AvgIpc) is 2.29. The first-order chi connectivity index (χ1) is 7.79. The summed E-state index contributed by atoms with van der Waals surface area (Å²) >= 11 is 0. The molecule has 0 fully saturated rings. The molecule has 0 atom stereocenters. The van der Waals surface area contributed by atoms with Crippen LogP contribution >= 0.6 is 0 Å². The molecule has 16 heavy (non-hydrogen) atoms. The van der Waals surface area contributed by atoms with Crippen LogP contribution in [-0.4, -0.2) is 26.2 Å². The summed E-state index contributed by atoms with van der Waals surface area (Å²) in [6, 6.07) is 5.96. The Bertz CT molecular complexity index is 391. The smallest absolute Gasteiger partial charge is 0.250 e. The molecule has 1 aliphatic heterocycles. The lowest BCUT2D eigenvalue weighted by Gasteiger charge is -2.18. The number of carbonyl (C=O) groups excluding carboxylic acids is 1. The Balaban J connectivity index is 2.08. The first-order valence-electron chi connectivity index (χ1n) is 5.45. The Morgan fingerprint density at radius 3 is 3.25 bits per heavy atom. The first kappa shape index (κ1) is 11.0. The number of ether oxygens (including phenoxy) is 1. The van der Waals surface area contributed by atoms with Gasteiger partial charge in [-0.05, 0) is 30.5 Å². The second-order valence-electron chi connectivity index (χ2n) is 3.88. The van der Waals surface area contributed by atoms with Crippen molar-refractivity contribution in [2.24, 2.45) is 0 Å². The Morgan fingerprint density at radius 1 is 1.56 bits per heavy atom. The number of aryl methyl sites for hydroxylation is 1. The summed E-state index contributed by atoms with van der Waals surface area (Å²) in [5.74, 6) is -0.127. The van der Waals surface area contributed by atoms with Crippen molar-refractivity contribution in [1.29, 1.82) is 0 Å². The first-order valence-corrected chi connectivity index (χ1v) is 5.45. The van der Waals surface area contributed by atoms with Crippen molar-refractivity contribution in [1.82, 2.24) is 0 Å². The van der Waals surface area contributed by atoms with Crippen LogP contribution in [0.15, 0.2) is 18.2 Å². The fraction of sp³-hybridized carbons (Fsp3) is 0.417. The van der Waals surface area contributed by atoms with Crippen molar-refractivity contribution in [3.05, 3.63) is 23.8 Å². The van der Waals surface area contributed by atoms with E-state index in [1.54, 1.807) is 0 Å². The number of fused-ring (bicyclic) bond motifs is 1. The summed E-state index contributed by atoms with van der Waals surface area (Å²) in [4.78, 5) is 11.3. The van der Waals surface area contributed by atoms with Crippen molar-refractivity contribution >= 4 is 17.3 Å². The third kappa shape index (κ3) is 2.52. The molecule has 0 bridgehead atoms. The van der Waals surface area contributed by atoms with Gasteiger partial charge in [-0.3, -0.25) is 4.79 Å². The second-order valence-corrected chi connectivity index (χ2v) is 3.88. The number of hydrogen-bond donors (Lipinski definition) is 2. The van der Waals surface area contributed by atoms with Crippen LogP contribution in [0.25, 0.3) is 0 Å². The van der Waals surface area contributed by atoms with E-state index in [9.17, 15) is 4.79 Å². The highest BCUT2D eigenvalue weighted by atomic mass is 16.5. The van der Waals surface area contributed by atoms with Crippen molar-refractivity contribution in [2.75, 3.05) is 30.9 Å². The molecule has 4 heteroatoms. The molecule has 2 rings (SSSR count). The van der Waals surface area contributed by atoms with Gasteiger partial charge in [-0.1, -0.05) is 6.07 Å². The summed E-state index contributed by atoms with van der Waals surface area (Å²) in [5, 5.41) is 6.11. The number of hydrogen-bond acceptors (Lipinski definition) is 3. The van der Waals surface area contributed by atoms with Crippen molar-refractivity contribution in [3.8, 4) is 0 Å². The molecule has 0 saturated carbocycles. The van der Waals surface area contributed by atoms with Crippen molar-refractivity contribution in [2.45, 2.75) is 12.8 Å². The van der Waals surface area contributed by atoms with Gasteiger partial charge >= 0.3 is 0 Å². The highest BCUT2D eigenvalue weighted by Gasteiger charge is 2.09. The predicted octanol–water partition coefficient (Wildman–Crippen LogP) is 1.63. The fourth-order valence-electron chi connectivity index (χ4n) is 1.87. The molecule has 1 heterocycles. The molecule has 4 nitrogen and oxygen atoms in total. The molecule has 0 aliphatic carbocycles. The maximum Gasteiger partial charge on any atom is 0.250 e. The summed E-state index contributed by atoms with van der Waals surface area (Å²) in [6.07, 6.45) is 2.27. The molecule has 0 saturated heterocycles. The van der Waals surface area contributed by atoms with Gasteiger partial charge in [0.1, 0.15) is 6.61 Å². The molecule has 1 aromatic rings. The maximum atomic E-state index is 11.3. The lowest BCUT2D eigenvalue weighted by Crippen LogP contribution is -2.18. The van der Waals surface area contributed by atoms with Gasteiger partial charge in [0, 0.05) is 25.0 Å². The van der Waals surface area contributed by atoms with Crippen LogP contribution in [0.5, 0.6) is 0 Å². The molecule has 0 spiro atoms. The highest BCUT2D eigenvalue weighted by Crippen LogP contribution is 2.25. The zero-order valence-corrected chi connectivity index (χ0v) is 9.38. The molecule has 2 N–H and O–H groups in total. The van der Waals surface area contributed by atoms with Crippen LogP contribution in [0.4, 0.5) is 11.4 Å². The molecule has 1 amide bonds. The van der Waals surface area contributed by atoms with Crippen molar-refractivity contribution < 1.29 is 9.53 Å². The normalized spacial score (nSPS) is 13.8. The van der Waals surface area contributed by atoms with E-state index in [0.717, 1.165) is 24.3 Å². The van der Waals surface area contributed by atoms with Crippen molar-refractivity contribution in [3.63, 3.8) is 0 Å². The Labute approximate surface area is 95.0 Å². The van der Waals surface area contributed by atoms with E-state index >= 15 is 0 Å². The van der Waals surface area contributed by atoms with Gasteiger partial charge in [0.2, 0.25) is 5.91 Å². The summed E-state index contributed by atoms with van der Waals surface area (Å²) in [6.45, 7) is 1.09. The number of methoxy groups -OCH3 is 1. The second kappa shape index (κ2) is 4.99. The zero-order chi connectivity index (χ0) is 11.4. The Morgan fingerprint density at radius 2 is 2.44 bits per heavy atom. The minimum Gasteiger partial charge on any atom is -0.385 e. The van der Waals surface area contributed by atoms with E-state index < -0.39 is 0 Å². The summed E-state index contributed by atoms with van der Waals surface area (Å²) in [5.41, 5.74) is 3.26. The quantitative estimate of drug-likeness (QED) is 0.814. The van der Waals surface area contributed by atoms with E-state index in [2.05, 4.69) is 16.7 Å². The average molecular weight is 220 g/mol. The van der Waals surface area contributed by atoms with E-state index in [-0.39, 0.29) is 12.5 Å². The van der Waals surface area contributed by atoms with Crippen LogP contribution in [-0.2, 0) is 16.0 Å². The standard InChI is InChI=1S/C12H16N2O2/c1-16-8-12(15)14-10-5-4-9-3-2-6-13-11(9)7-10/h4-5,7,13H,2-3,6,8H2,1H3,(H,14,15). The molecule has 86 valence electrons. The van der Waals surface area contributed by atoms with E-state index in [1.807, 2.05) is 12.1 Å². The van der Waals surface area contributed by atoms with Crippen LogP contribution < -0.4 is 10.6 Å². The molecular formula is C12H16N2O2. The minimum absolute atomic E-state index is 0.0878. The number of carbonyl (C=O) groups is 1. The van der Waals surface area contributed by atoms with Crippen LogP contribution in [0, 0.1) is 0 Å². The minimum atomic E-state index is -0.127. The lowest BCUT2D eigenvalue weighted by molar-refractivity contribution is -0.119. The van der Waals surface area contributed by atoms with Gasteiger partial charge in [0.25, 0.3) is 0 Å². The topological polar surface area (TPSA) is 50.4 Å². The number of nitrogens with one attached hydrogen (secondary N) is 2. The van der Waals surface area contributed by atoms with Crippen LogP contribution in [0.3, 0.4) is 0 Å². The number of amides is 1. The fourth-order valence-corrected chi connectivity index (χ4v) is 1.87. The third-order valence-corrected chi connectivity index (χ3v) is 2.61. The van der Waals surface area contributed by atoms with Gasteiger partial charge in [0.15, 0.2) is 0 Å². The molecule has 1 aliphatic rings. The predicted molar refractivity (Wildman–Crippen MR) is 63.8 cm³/mol. The zero-order valence-electron chi connectivity index (χ0n) is 9.38. The molecule has 0 unspecified atom stereocenters. The van der Waals surface area contributed by atoms with E-state index in [0.29, 0.717) is 0 Å².